The smallest absolute Gasteiger partial charge is 0.238 e. The van der Waals surface area contributed by atoms with E-state index in [1.807, 2.05) is 6.07 Å². The fraction of sp³-hybridized carbons (Fsp3) is 0.0769. The molecule has 2 rings (SSSR count). The van der Waals surface area contributed by atoms with Crippen LogP contribution in [0.3, 0.4) is 0 Å². The Morgan fingerprint density at radius 2 is 2.09 bits per heavy atom. The van der Waals surface area contributed by atoms with Gasteiger partial charge in [-0.15, -0.1) is 0 Å². The highest BCUT2D eigenvalue weighted by molar-refractivity contribution is 7.91. The van der Waals surface area contributed by atoms with Crippen molar-refractivity contribution in [3.8, 4) is 11.8 Å². The Hall–Kier alpha value is -2.01. The largest absolute Gasteiger partial charge is 0.504 e. The second-order valence-corrected chi connectivity index (χ2v) is 6.83. The molecule has 0 aliphatic carbocycles. The van der Waals surface area contributed by atoms with Crippen LogP contribution in [0, 0.1) is 11.3 Å². The third kappa shape index (κ3) is 3.80. The van der Waals surface area contributed by atoms with Crippen molar-refractivity contribution in [1.29, 1.82) is 5.26 Å². The van der Waals surface area contributed by atoms with Crippen LogP contribution >= 0.6 is 23.2 Å². The number of benzene rings is 1. The summed E-state index contributed by atoms with van der Waals surface area (Å²) in [6.07, 6.45) is 1.19. The number of nitrogens with zero attached hydrogens (tertiary/aromatic N) is 2. The van der Waals surface area contributed by atoms with Crippen molar-refractivity contribution in [2.45, 2.75) is 5.75 Å². The van der Waals surface area contributed by atoms with Crippen molar-refractivity contribution in [3.05, 3.63) is 51.6 Å². The lowest BCUT2D eigenvalue weighted by Gasteiger charge is -2.10. The Morgan fingerprint density at radius 3 is 2.73 bits per heavy atom. The van der Waals surface area contributed by atoms with Crippen molar-refractivity contribution in [3.63, 3.8) is 0 Å². The zero-order valence-corrected chi connectivity index (χ0v) is 13.2. The van der Waals surface area contributed by atoms with E-state index < -0.39 is 21.5 Å². The summed E-state index contributed by atoms with van der Waals surface area (Å²) in [6, 6.07) is 7.55. The number of sulfonamides is 1. The molecule has 0 amide bonds. The number of hydrogen-bond donors (Lipinski definition) is 2. The summed E-state index contributed by atoms with van der Waals surface area (Å²) in [6.45, 7) is 0. The van der Waals surface area contributed by atoms with Crippen molar-refractivity contribution in [1.82, 2.24) is 4.98 Å². The van der Waals surface area contributed by atoms with E-state index >= 15 is 0 Å². The van der Waals surface area contributed by atoms with Gasteiger partial charge in [-0.25, -0.2) is 13.4 Å². The molecular weight excluding hydrogens is 349 g/mol. The van der Waals surface area contributed by atoms with E-state index in [1.165, 1.54) is 18.3 Å². The molecule has 0 aliphatic rings. The standard InChI is InChI=1S/C13H9Cl2N3O3S/c14-9-4-12(19)13(17-6-9)18-22(20,21)7-8-2-1-3-11(15)10(8)5-16/h1-4,6,19H,7H2,(H,17,18). The molecule has 0 spiro atoms. The topological polar surface area (TPSA) is 103 Å². The molecule has 0 aliphatic heterocycles. The first-order chi connectivity index (χ1) is 10.3. The zero-order valence-electron chi connectivity index (χ0n) is 10.9. The summed E-state index contributed by atoms with van der Waals surface area (Å²) in [5.74, 6) is -1.13. The Balaban J connectivity index is 2.29. The summed E-state index contributed by atoms with van der Waals surface area (Å²) in [7, 11) is -3.90. The molecule has 9 heteroatoms. The fourth-order valence-electron chi connectivity index (χ4n) is 1.71. The summed E-state index contributed by atoms with van der Waals surface area (Å²) in [4.78, 5) is 3.70. The molecule has 22 heavy (non-hydrogen) atoms. The lowest BCUT2D eigenvalue weighted by atomic mass is 10.1. The maximum Gasteiger partial charge on any atom is 0.238 e. The van der Waals surface area contributed by atoms with E-state index in [4.69, 9.17) is 28.5 Å². The van der Waals surface area contributed by atoms with Gasteiger partial charge >= 0.3 is 0 Å². The minimum Gasteiger partial charge on any atom is -0.504 e. The van der Waals surface area contributed by atoms with E-state index in [-0.39, 0.29) is 27.0 Å². The Labute approximate surface area is 137 Å². The fourth-order valence-corrected chi connectivity index (χ4v) is 3.27. The molecule has 0 saturated carbocycles. The van der Waals surface area contributed by atoms with Gasteiger partial charge in [0, 0.05) is 12.3 Å². The van der Waals surface area contributed by atoms with E-state index in [0.717, 1.165) is 6.07 Å². The third-order valence-electron chi connectivity index (χ3n) is 2.64. The van der Waals surface area contributed by atoms with Crippen LogP contribution in [0.2, 0.25) is 10.0 Å². The molecule has 0 radical (unpaired) electrons. The molecule has 114 valence electrons. The highest BCUT2D eigenvalue weighted by atomic mass is 35.5. The van der Waals surface area contributed by atoms with Gasteiger partial charge in [-0.3, -0.25) is 4.72 Å². The average molecular weight is 358 g/mol. The highest BCUT2D eigenvalue weighted by Crippen LogP contribution is 2.26. The van der Waals surface area contributed by atoms with Gasteiger partial charge in [0.15, 0.2) is 11.6 Å². The van der Waals surface area contributed by atoms with Crippen LogP contribution in [0.15, 0.2) is 30.5 Å². The van der Waals surface area contributed by atoms with Gasteiger partial charge in [-0.2, -0.15) is 5.26 Å². The first-order valence-electron chi connectivity index (χ1n) is 5.85. The maximum atomic E-state index is 12.1. The first kappa shape index (κ1) is 16.4. The number of nitrogens with one attached hydrogen (secondary N) is 1. The maximum absolute atomic E-state index is 12.1. The zero-order chi connectivity index (χ0) is 16.3. The molecular formula is C13H9Cl2N3O3S. The SMILES string of the molecule is N#Cc1c(Cl)cccc1CS(=O)(=O)Nc1ncc(Cl)cc1O. The van der Waals surface area contributed by atoms with Crippen LogP contribution in [0.4, 0.5) is 5.82 Å². The number of rotatable bonds is 4. The molecule has 1 heterocycles. The lowest BCUT2D eigenvalue weighted by molar-refractivity contribution is 0.475. The van der Waals surface area contributed by atoms with Gasteiger partial charge in [-0.1, -0.05) is 35.3 Å². The normalized spacial score (nSPS) is 11.0. The predicted molar refractivity (Wildman–Crippen MR) is 83.3 cm³/mol. The predicted octanol–water partition coefficient (Wildman–Crippen LogP) is 2.91. The Kier molecular flexibility index (Phi) is 4.76. The van der Waals surface area contributed by atoms with Crippen LogP contribution in [0.25, 0.3) is 0 Å². The second-order valence-electron chi connectivity index (χ2n) is 4.27. The monoisotopic (exact) mass is 357 g/mol. The van der Waals surface area contributed by atoms with E-state index in [1.54, 1.807) is 6.07 Å². The highest BCUT2D eigenvalue weighted by Gasteiger charge is 2.18. The van der Waals surface area contributed by atoms with Crippen LogP contribution in [-0.4, -0.2) is 18.5 Å². The molecule has 0 unspecified atom stereocenters. The van der Waals surface area contributed by atoms with Gasteiger partial charge in [0.1, 0.15) is 6.07 Å². The molecule has 0 bridgehead atoms. The number of aromatic hydroxyl groups is 1. The summed E-state index contributed by atoms with van der Waals surface area (Å²) >= 11 is 11.5. The van der Waals surface area contributed by atoms with Crippen LogP contribution in [-0.2, 0) is 15.8 Å². The number of halogens is 2. The summed E-state index contributed by atoms with van der Waals surface area (Å²) in [5.41, 5.74) is 0.332. The molecule has 0 fully saturated rings. The summed E-state index contributed by atoms with van der Waals surface area (Å²) in [5, 5.41) is 19.0. The molecule has 6 nitrogen and oxygen atoms in total. The number of nitriles is 1. The third-order valence-corrected chi connectivity index (χ3v) is 4.36. The molecule has 0 atom stereocenters. The van der Waals surface area contributed by atoms with Crippen LogP contribution in [0.1, 0.15) is 11.1 Å². The molecule has 2 N–H and O–H groups in total. The second kappa shape index (κ2) is 6.40. The Morgan fingerprint density at radius 1 is 1.36 bits per heavy atom. The van der Waals surface area contributed by atoms with Crippen molar-refractivity contribution >= 4 is 39.0 Å². The van der Waals surface area contributed by atoms with Crippen molar-refractivity contribution in [2.24, 2.45) is 0 Å². The molecule has 1 aromatic heterocycles. The van der Waals surface area contributed by atoms with Crippen LogP contribution in [0.5, 0.6) is 5.75 Å². The van der Waals surface area contributed by atoms with Gasteiger partial charge < -0.3 is 5.11 Å². The van der Waals surface area contributed by atoms with Gasteiger partial charge in [0.05, 0.1) is 21.4 Å². The number of anilines is 1. The van der Waals surface area contributed by atoms with Crippen molar-refractivity contribution in [2.75, 3.05) is 4.72 Å². The minimum absolute atomic E-state index is 0.0860. The molecule has 1 aromatic carbocycles. The lowest BCUT2D eigenvalue weighted by Crippen LogP contribution is -2.16. The quantitative estimate of drug-likeness (QED) is 0.875. The van der Waals surface area contributed by atoms with Gasteiger partial charge in [0.2, 0.25) is 10.0 Å². The van der Waals surface area contributed by atoms with E-state index in [2.05, 4.69) is 9.71 Å². The van der Waals surface area contributed by atoms with Gasteiger partial charge in [-0.05, 0) is 11.6 Å². The minimum atomic E-state index is -3.90. The average Bonchev–Trinajstić information content (AvgIpc) is 2.42. The number of hydrogen-bond acceptors (Lipinski definition) is 5. The summed E-state index contributed by atoms with van der Waals surface area (Å²) < 4.78 is 26.4. The first-order valence-corrected chi connectivity index (χ1v) is 8.25. The molecule has 0 saturated heterocycles. The van der Waals surface area contributed by atoms with Gasteiger partial charge in [0.25, 0.3) is 0 Å². The van der Waals surface area contributed by atoms with Crippen LogP contribution < -0.4 is 4.72 Å². The van der Waals surface area contributed by atoms with E-state index in [0.29, 0.717) is 0 Å². The molecule has 2 aromatic rings. The Bertz CT molecular complexity index is 863. The number of aromatic nitrogens is 1. The number of pyridine rings is 1. The van der Waals surface area contributed by atoms with Crippen molar-refractivity contribution < 1.29 is 13.5 Å². The van der Waals surface area contributed by atoms with E-state index in [9.17, 15) is 13.5 Å².